The van der Waals surface area contributed by atoms with E-state index in [9.17, 15) is 14.4 Å². The summed E-state index contributed by atoms with van der Waals surface area (Å²) in [6, 6.07) is 10.3. The van der Waals surface area contributed by atoms with Gasteiger partial charge in [-0.05, 0) is 12.1 Å². The van der Waals surface area contributed by atoms with Gasteiger partial charge in [-0.3, -0.25) is 19.1 Å². The van der Waals surface area contributed by atoms with Crippen molar-refractivity contribution in [3.05, 3.63) is 63.4 Å². The van der Waals surface area contributed by atoms with Crippen molar-refractivity contribution in [1.82, 2.24) is 9.55 Å². The summed E-state index contributed by atoms with van der Waals surface area (Å²) in [7, 11) is 1.63. The summed E-state index contributed by atoms with van der Waals surface area (Å²) in [6.45, 7) is -0.124. The van der Waals surface area contributed by atoms with Crippen molar-refractivity contribution in [3.8, 4) is 0 Å². The minimum atomic E-state index is -0.595. The van der Waals surface area contributed by atoms with Gasteiger partial charge in [0.15, 0.2) is 0 Å². The van der Waals surface area contributed by atoms with E-state index in [0.29, 0.717) is 0 Å². The second-order valence-corrected chi connectivity index (χ2v) is 4.03. The van der Waals surface area contributed by atoms with Crippen LogP contribution in [0.3, 0.4) is 0 Å². The van der Waals surface area contributed by atoms with Crippen LogP contribution in [0.25, 0.3) is 0 Å². The highest BCUT2D eigenvalue weighted by Crippen LogP contribution is 2.11. The first-order chi connectivity index (χ1) is 9.08. The zero-order valence-electron chi connectivity index (χ0n) is 10.4. The second kappa shape index (κ2) is 5.34. The first-order valence-electron chi connectivity index (χ1n) is 5.69. The van der Waals surface area contributed by atoms with Gasteiger partial charge in [0.1, 0.15) is 6.54 Å². The molecular formula is C13H13N3O3. The standard InChI is InChI=1S/C13H13N3O3/c1-15(10-5-3-2-4-6-10)12(18)9-16-8-7-11(17)14-13(16)19/h2-8H,9H2,1H3,(H,14,17,19). The molecule has 0 radical (unpaired) electrons. The molecule has 0 fully saturated rings. The molecule has 6 heteroatoms. The number of H-pyrrole nitrogens is 1. The lowest BCUT2D eigenvalue weighted by molar-refractivity contribution is -0.118. The number of para-hydroxylation sites is 1. The molecule has 0 aliphatic carbocycles. The highest BCUT2D eigenvalue weighted by molar-refractivity contribution is 5.92. The first kappa shape index (κ1) is 12.8. The number of anilines is 1. The Balaban J connectivity index is 2.17. The summed E-state index contributed by atoms with van der Waals surface area (Å²) < 4.78 is 1.16. The van der Waals surface area contributed by atoms with Crippen LogP contribution in [0.2, 0.25) is 0 Å². The number of carbonyl (C=O) groups excluding carboxylic acids is 1. The van der Waals surface area contributed by atoms with Crippen molar-refractivity contribution < 1.29 is 4.79 Å². The lowest BCUT2D eigenvalue weighted by Crippen LogP contribution is -2.36. The largest absolute Gasteiger partial charge is 0.328 e. The van der Waals surface area contributed by atoms with Gasteiger partial charge in [-0.25, -0.2) is 4.79 Å². The Kier molecular flexibility index (Phi) is 3.61. The summed E-state index contributed by atoms with van der Waals surface area (Å²) in [5, 5.41) is 0. The Hall–Kier alpha value is -2.63. The molecule has 0 atom stereocenters. The third-order valence-corrected chi connectivity index (χ3v) is 2.72. The van der Waals surface area contributed by atoms with E-state index in [1.54, 1.807) is 19.2 Å². The maximum absolute atomic E-state index is 12.0. The topological polar surface area (TPSA) is 75.2 Å². The van der Waals surface area contributed by atoms with Gasteiger partial charge in [-0.15, -0.1) is 0 Å². The molecule has 2 rings (SSSR count). The number of rotatable bonds is 3. The monoisotopic (exact) mass is 259 g/mol. The van der Waals surface area contributed by atoms with Crippen LogP contribution in [0.5, 0.6) is 0 Å². The molecule has 6 nitrogen and oxygen atoms in total. The Morgan fingerprint density at radius 3 is 2.53 bits per heavy atom. The van der Waals surface area contributed by atoms with E-state index in [2.05, 4.69) is 4.98 Å². The van der Waals surface area contributed by atoms with Gasteiger partial charge in [-0.2, -0.15) is 0 Å². The Bertz CT molecular complexity index is 688. The van der Waals surface area contributed by atoms with Gasteiger partial charge < -0.3 is 4.90 Å². The summed E-state index contributed by atoms with van der Waals surface area (Å²) in [6.07, 6.45) is 1.30. The minimum Gasteiger partial charge on any atom is -0.314 e. The quantitative estimate of drug-likeness (QED) is 0.855. The van der Waals surface area contributed by atoms with Crippen molar-refractivity contribution in [1.29, 1.82) is 0 Å². The van der Waals surface area contributed by atoms with Crippen LogP contribution in [0, 0.1) is 0 Å². The number of likely N-dealkylation sites (N-methyl/N-ethyl adjacent to an activating group) is 1. The molecule has 0 aliphatic rings. The fourth-order valence-corrected chi connectivity index (χ4v) is 1.62. The fourth-order valence-electron chi connectivity index (χ4n) is 1.62. The Morgan fingerprint density at radius 1 is 1.21 bits per heavy atom. The Morgan fingerprint density at radius 2 is 1.89 bits per heavy atom. The van der Waals surface area contributed by atoms with Gasteiger partial charge in [-0.1, -0.05) is 18.2 Å². The van der Waals surface area contributed by atoms with Gasteiger partial charge in [0.05, 0.1) is 0 Å². The second-order valence-electron chi connectivity index (χ2n) is 4.03. The number of aromatic amines is 1. The number of hydrogen-bond donors (Lipinski definition) is 1. The van der Waals surface area contributed by atoms with Crippen LogP contribution in [0.15, 0.2) is 52.2 Å². The number of nitrogens with zero attached hydrogens (tertiary/aromatic N) is 2. The third-order valence-electron chi connectivity index (χ3n) is 2.72. The fraction of sp³-hybridized carbons (Fsp3) is 0.154. The van der Waals surface area contributed by atoms with E-state index in [1.807, 2.05) is 18.2 Å². The number of nitrogens with one attached hydrogen (secondary N) is 1. The van der Waals surface area contributed by atoms with E-state index in [0.717, 1.165) is 10.3 Å². The molecule has 1 heterocycles. The van der Waals surface area contributed by atoms with Crippen LogP contribution in [0.4, 0.5) is 5.69 Å². The minimum absolute atomic E-state index is 0.124. The Labute approximate surface area is 108 Å². The van der Waals surface area contributed by atoms with Crippen LogP contribution in [0.1, 0.15) is 0 Å². The van der Waals surface area contributed by atoms with E-state index in [1.165, 1.54) is 17.2 Å². The molecule has 2 aromatic rings. The molecule has 1 aromatic heterocycles. The van der Waals surface area contributed by atoms with Crippen molar-refractivity contribution >= 4 is 11.6 Å². The van der Waals surface area contributed by atoms with E-state index in [4.69, 9.17) is 0 Å². The molecule has 1 N–H and O–H groups in total. The first-order valence-corrected chi connectivity index (χ1v) is 5.69. The molecule has 0 unspecified atom stereocenters. The van der Waals surface area contributed by atoms with Crippen molar-refractivity contribution in [2.24, 2.45) is 0 Å². The molecule has 0 spiro atoms. The highest BCUT2D eigenvalue weighted by atomic mass is 16.2. The highest BCUT2D eigenvalue weighted by Gasteiger charge is 2.11. The summed E-state index contributed by atoms with van der Waals surface area (Å²) in [5.41, 5.74) is -0.336. The summed E-state index contributed by atoms with van der Waals surface area (Å²) in [5.74, 6) is -0.250. The van der Waals surface area contributed by atoms with E-state index in [-0.39, 0.29) is 12.5 Å². The van der Waals surface area contributed by atoms with Gasteiger partial charge in [0.2, 0.25) is 5.91 Å². The smallest absolute Gasteiger partial charge is 0.314 e. The van der Waals surface area contributed by atoms with Crippen LogP contribution in [-0.4, -0.2) is 22.5 Å². The SMILES string of the molecule is CN(C(=O)Cn1ccc(=O)[nH]c1=O)c1ccccc1. The summed E-state index contributed by atoms with van der Waals surface area (Å²) >= 11 is 0. The third kappa shape index (κ3) is 2.98. The maximum atomic E-state index is 12.0. The predicted molar refractivity (Wildman–Crippen MR) is 71.2 cm³/mol. The van der Waals surface area contributed by atoms with Crippen molar-refractivity contribution in [2.75, 3.05) is 11.9 Å². The molecule has 1 aromatic carbocycles. The lowest BCUT2D eigenvalue weighted by atomic mass is 10.3. The predicted octanol–water partition coefficient (Wildman–Crippen LogP) is 0.200. The zero-order valence-corrected chi connectivity index (χ0v) is 10.4. The van der Waals surface area contributed by atoms with Gasteiger partial charge >= 0.3 is 5.69 Å². The number of carbonyl (C=O) groups is 1. The normalized spacial score (nSPS) is 10.2. The average Bonchev–Trinajstić information content (AvgIpc) is 2.42. The molecule has 0 bridgehead atoms. The molecular weight excluding hydrogens is 246 g/mol. The molecule has 19 heavy (non-hydrogen) atoms. The molecule has 1 amide bonds. The van der Waals surface area contributed by atoms with Crippen LogP contribution in [-0.2, 0) is 11.3 Å². The van der Waals surface area contributed by atoms with Crippen molar-refractivity contribution in [2.45, 2.75) is 6.54 Å². The maximum Gasteiger partial charge on any atom is 0.328 e. The molecule has 0 aliphatic heterocycles. The van der Waals surface area contributed by atoms with Gasteiger partial charge in [0.25, 0.3) is 5.56 Å². The van der Waals surface area contributed by atoms with Crippen molar-refractivity contribution in [3.63, 3.8) is 0 Å². The van der Waals surface area contributed by atoms with E-state index >= 15 is 0 Å². The molecule has 0 saturated carbocycles. The number of hydrogen-bond acceptors (Lipinski definition) is 3. The zero-order chi connectivity index (χ0) is 13.8. The van der Waals surface area contributed by atoms with Crippen LogP contribution < -0.4 is 16.1 Å². The van der Waals surface area contributed by atoms with Crippen LogP contribution >= 0.6 is 0 Å². The number of aromatic nitrogens is 2. The molecule has 98 valence electrons. The van der Waals surface area contributed by atoms with E-state index < -0.39 is 11.2 Å². The summed E-state index contributed by atoms with van der Waals surface area (Å²) in [4.78, 5) is 38.0. The molecule has 0 saturated heterocycles. The van der Waals surface area contributed by atoms with Gasteiger partial charge in [0, 0.05) is 25.0 Å². The number of benzene rings is 1. The number of amides is 1. The average molecular weight is 259 g/mol. The lowest BCUT2D eigenvalue weighted by Gasteiger charge is -2.17.